The molecule has 9 heteroatoms. The normalized spacial score (nSPS) is 13.9. The zero-order valence-corrected chi connectivity index (χ0v) is 22.3. The van der Waals surface area contributed by atoms with Crippen LogP contribution in [0.15, 0.2) is 61.4 Å². The van der Waals surface area contributed by atoms with Gasteiger partial charge in [-0.15, -0.1) is 0 Å². The first-order chi connectivity index (χ1) is 18.4. The molecule has 3 heterocycles. The van der Waals surface area contributed by atoms with Crippen molar-refractivity contribution in [3.05, 3.63) is 67.0 Å². The summed E-state index contributed by atoms with van der Waals surface area (Å²) < 4.78 is 7.67. The highest BCUT2D eigenvalue weighted by Crippen LogP contribution is 2.35. The van der Waals surface area contributed by atoms with Gasteiger partial charge in [0, 0.05) is 67.9 Å². The number of aryl methyl sites for hydroxylation is 2. The van der Waals surface area contributed by atoms with Crippen molar-refractivity contribution in [1.29, 1.82) is 0 Å². The Morgan fingerprint density at radius 3 is 2.63 bits per heavy atom. The van der Waals surface area contributed by atoms with E-state index in [2.05, 4.69) is 75.1 Å². The van der Waals surface area contributed by atoms with Crippen molar-refractivity contribution < 1.29 is 9.53 Å². The maximum atomic E-state index is 11.8. The third-order valence-electron chi connectivity index (χ3n) is 6.97. The van der Waals surface area contributed by atoms with Gasteiger partial charge in [0.1, 0.15) is 5.75 Å². The van der Waals surface area contributed by atoms with Gasteiger partial charge in [0.25, 0.3) is 0 Å². The maximum Gasteiger partial charge on any atom is 0.247 e. The average molecular weight is 512 g/mol. The average Bonchev–Trinajstić information content (AvgIpc) is 3.25. The van der Waals surface area contributed by atoms with E-state index in [-0.39, 0.29) is 5.91 Å². The molecule has 0 radical (unpaired) electrons. The molecule has 0 spiro atoms. The number of anilines is 4. The van der Waals surface area contributed by atoms with Gasteiger partial charge >= 0.3 is 0 Å². The molecule has 2 aromatic heterocycles. The van der Waals surface area contributed by atoms with Crippen molar-refractivity contribution >= 4 is 39.8 Å². The van der Waals surface area contributed by atoms with E-state index in [1.807, 2.05) is 13.1 Å². The van der Waals surface area contributed by atoms with E-state index < -0.39 is 0 Å². The van der Waals surface area contributed by atoms with Crippen molar-refractivity contribution in [2.45, 2.75) is 6.92 Å². The number of methoxy groups -OCH3 is 1. The third kappa shape index (κ3) is 5.05. The van der Waals surface area contributed by atoms with Crippen LogP contribution in [0.5, 0.6) is 5.75 Å². The van der Waals surface area contributed by atoms with Gasteiger partial charge in [-0.3, -0.25) is 4.79 Å². The van der Waals surface area contributed by atoms with Crippen molar-refractivity contribution in [3.8, 4) is 17.0 Å². The van der Waals surface area contributed by atoms with E-state index in [4.69, 9.17) is 9.72 Å². The Hall–Kier alpha value is -4.37. The van der Waals surface area contributed by atoms with Crippen LogP contribution in [-0.2, 0) is 11.8 Å². The molecule has 1 fully saturated rings. The summed E-state index contributed by atoms with van der Waals surface area (Å²) in [4.78, 5) is 26.0. The minimum Gasteiger partial charge on any atom is -0.495 e. The number of benzene rings is 2. The van der Waals surface area contributed by atoms with Crippen LogP contribution in [0.3, 0.4) is 0 Å². The second-order valence-electron chi connectivity index (χ2n) is 9.60. The van der Waals surface area contributed by atoms with Gasteiger partial charge in [-0.2, -0.15) is 0 Å². The molecule has 0 aliphatic carbocycles. The molecule has 38 heavy (non-hydrogen) atoms. The topological polar surface area (TPSA) is 87.5 Å². The molecule has 9 nitrogen and oxygen atoms in total. The van der Waals surface area contributed by atoms with Gasteiger partial charge in [0.2, 0.25) is 11.9 Å². The molecule has 1 aliphatic heterocycles. The molecular formula is C29H33N7O2. The lowest BCUT2D eigenvalue weighted by molar-refractivity contribution is -0.111. The number of nitrogens with zero attached hydrogens (tertiary/aromatic N) is 5. The maximum absolute atomic E-state index is 11.8. The summed E-state index contributed by atoms with van der Waals surface area (Å²) >= 11 is 0. The van der Waals surface area contributed by atoms with Gasteiger partial charge in [0.15, 0.2) is 0 Å². The summed E-state index contributed by atoms with van der Waals surface area (Å²) in [6, 6.07) is 12.0. The number of hydrogen-bond donors (Lipinski definition) is 2. The molecule has 196 valence electrons. The predicted molar refractivity (Wildman–Crippen MR) is 153 cm³/mol. The van der Waals surface area contributed by atoms with Crippen LogP contribution in [0.1, 0.15) is 5.56 Å². The molecule has 2 N–H and O–H groups in total. The Kier molecular flexibility index (Phi) is 7.02. The SMILES string of the molecule is C=CC(=O)Nc1ccc(OC)c(Nc2ncc(C)c(-c3cn(C)c4cc(N5CCN(C)CC5)ccc34)n2)c1. The standard InChI is InChI=1S/C29H33N7O2/c1-6-27(37)31-20-7-10-26(38-5)24(15-20)32-29-30-17-19(2)28(33-29)23-18-35(4)25-16-21(8-9-22(23)25)36-13-11-34(3)12-14-36/h6-10,15-18H,1,11-14H2,2-5H3,(H,31,37)(H,30,32,33). The number of hydrogen-bond acceptors (Lipinski definition) is 7. The van der Waals surface area contributed by atoms with Crippen molar-refractivity contribution in [2.24, 2.45) is 7.05 Å². The molecule has 1 saturated heterocycles. The first kappa shape index (κ1) is 25.3. The fourth-order valence-electron chi connectivity index (χ4n) is 4.79. The molecular weight excluding hydrogens is 478 g/mol. The fraction of sp³-hybridized carbons (Fsp3) is 0.276. The van der Waals surface area contributed by atoms with E-state index >= 15 is 0 Å². The summed E-state index contributed by atoms with van der Waals surface area (Å²) in [7, 11) is 5.84. The Labute approximate surface area is 222 Å². The number of amides is 1. The lowest BCUT2D eigenvalue weighted by Gasteiger charge is -2.34. The van der Waals surface area contributed by atoms with Crippen molar-refractivity contribution in [1.82, 2.24) is 19.4 Å². The molecule has 1 amide bonds. The quantitative estimate of drug-likeness (QED) is 0.352. The van der Waals surface area contributed by atoms with E-state index in [1.54, 1.807) is 25.3 Å². The minimum absolute atomic E-state index is 0.290. The molecule has 1 aliphatic rings. The zero-order valence-electron chi connectivity index (χ0n) is 22.3. The van der Waals surface area contributed by atoms with Crippen LogP contribution in [0.2, 0.25) is 0 Å². The number of piperazine rings is 1. The first-order valence-corrected chi connectivity index (χ1v) is 12.6. The van der Waals surface area contributed by atoms with E-state index in [0.717, 1.165) is 53.9 Å². The van der Waals surface area contributed by atoms with Gasteiger partial charge in [-0.25, -0.2) is 9.97 Å². The summed E-state index contributed by atoms with van der Waals surface area (Å²) in [5, 5.41) is 7.17. The Morgan fingerprint density at radius 1 is 1.11 bits per heavy atom. The fourth-order valence-corrected chi connectivity index (χ4v) is 4.79. The van der Waals surface area contributed by atoms with Crippen LogP contribution in [0, 0.1) is 6.92 Å². The highest BCUT2D eigenvalue weighted by Gasteiger charge is 2.18. The van der Waals surface area contributed by atoms with Crippen LogP contribution >= 0.6 is 0 Å². The van der Waals surface area contributed by atoms with Gasteiger partial charge in [-0.05, 0) is 55.9 Å². The summed E-state index contributed by atoms with van der Waals surface area (Å²) in [6.07, 6.45) is 5.17. The molecule has 5 rings (SSSR count). The second kappa shape index (κ2) is 10.5. The van der Waals surface area contributed by atoms with Gasteiger partial charge in [0.05, 0.1) is 24.0 Å². The summed E-state index contributed by atoms with van der Waals surface area (Å²) in [6.45, 7) is 9.72. The number of aromatic nitrogens is 3. The Bertz CT molecular complexity index is 1500. The monoisotopic (exact) mass is 511 g/mol. The Balaban J connectivity index is 1.47. The molecule has 0 saturated carbocycles. The molecule has 0 bridgehead atoms. The highest BCUT2D eigenvalue weighted by atomic mass is 16.5. The lowest BCUT2D eigenvalue weighted by Crippen LogP contribution is -2.44. The van der Waals surface area contributed by atoms with E-state index in [1.165, 1.54) is 11.8 Å². The zero-order chi connectivity index (χ0) is 26.8. The number of rotatable bonds is 7. The van der Waals surface area contributed by atoms with E-state index in [9.17, 15) is 4.79 Å². The number of carbonyl (C=O) groups is 1. The molecule has 0 atom stereocenters. The Morgan fingerprint density at radius 2 is 1.89 bits per heavy atom. The number of likely N-dealkylation sites (N-methyl/N-ethyl adjacent to an activating group) is 1. The van der Waals surface area contributed by atoms with Crippen molar-refractivity contribution in [3.63, 3.8) is 0 Å². The third-order valence-corrected chi connectivity index (χ3v) is 6.97. The number of nitrogens with one attached hydrogen (secondary N) is 2. The van der Waals surface area contributed by atoms with Crippen LogP contribution < -0.4 is 20.3 Å². The molecule has 2 aromatic carbocycles. The van der Waals surface area contributed by atoms with Crippen LogP contribution in [0.4, 0.5) is 23.0 Å². The summed E-state index contributed by atoms with van der Waals surface area (Å²) in [5.41, 5.74) is 6.54. The van der Waals surface area contributed by atoms with Gasteiger partial charge < -0.3 is 29.7 Å². The second-order valence-corrected chi connectivity index (χ2v) is 9.60. The van der Waals surface area contributed by atoms with Crippen molar-refractivity contribution in [2.75, 3.05) is 55.9 Å². The highest BCUT2D eigenvalue weighted by molar-refractivity contribution is 5.99. The minimum atomic E-state index is -0.290. The summed E-state index contributed by atoms with van der Waals surface area (Å²) in [5.74, 6) is 0.748. The van der Waals surface area contributed by atoms with Gasteiger partial charge in [-0.1, -0.05) is 12.6 Å². The van der Waals surface area contributed by atoms with Crippen LogP contribution in [-0.4, -0.2) is 65.7 Å². The number of fused-ring (bicyclic) bond motifs is 1. The largest absolute Gasteiger partial charge is 0.495 e. The molecule has 4 aromatic rings. The predicted octanol–water partition coefficient (Wildman–Crippen LogP) is 4.57. The van der Waals surface area contributed by atoms with Crippen LogP contribution in [0.25, 0.3) is 22.2 Å². The smallest absolute Gasteiger partial charge is 0.247 e. The lowest BCUT2D eigenvalue weighted by atomic mass is 10.1. The molecule has 0 unspecified atom stereocenters. The number of carbonyl (C=O) groups excluding carboxylic acids is 1. The first-order valence-electron chi connectivity index (χ1n) is 12.6. The number of ether oxygens (including phenoxy) is 1. The van der Waals surface area contributed by atoms with E-state index in [0.29, 0.717) is 23.1 Å².